The van der Waals surface area contributed by atoms with Crippen LogP contribution in [0.5, 0.6) is 5.75 Å². The second-order valence-corrected chi connectivity index (χ2v) is 14.9. The number of sulfonamides is 1. The van der Waals surface area contributed by atoms with Crippen molar-refractivity contribution in [3.05, 3.63) is 70.3 Å². The van der Waals surface area contributed by atoms with Crippen LogP contribution in [0.4, 0.5) is 5.69 Å². The third-order valence-electron chi connectivity index (χ3n) is 9.89. The van der Waals surface area contributed by atoms with E-state index >= 15 is 0 Å². The number of aliphatic hydroxyl groups is 1. The molecule has 6 rings (SSSR count). The van der Waals surface area contributed by atoms with Crippen LogP contribution in [0.2, 0.25) is 5.02 Å². The molecule has 2 heterocycles. The van der Waals surface area contributed by atoms with Gasteiger partial charge in [-0.2, -0.15) is 0 Å². The highest BCUT2D eigenvalue weighted by atomic mass is 35.5. The number of aliphatic hydroxyl groups excluding tert-OH is 1. The summed E-state index contributed by atoms with van der Waals surface area (Å²) in [6.45, 7) is 3.37. The second-order valence-electron chi connectivity index (χ2n) is 12.4. The predicted molar refractivity (Wildman–Crippen MR) is 163 cm³/mol. The first-order valence-electron chi connectivity index (χ1n) is 14.8. The highest BCUT2D eigenvalue weighted by Gasteiger charge is 2.44. The largest absolute Gasteiger partial charge is 0.490 e. The summed E-state index contributed by atoms with van der Waals surface area (Å²) in [5.74, 6) is 0.587. The van der Waals surface area contributed by atoms with Crippen LogP contribution in [0.15, 0.2) is 48.6 Å². The number of anilines is 1. The number of benzene rings is 2. The van der Waals surface area contributed by atoms with Gasteiger partial charge in [-0.05, 0) is 98.7 Å². The lowest BCUT2D eigenvalue weighted by atomic mass is 9.68. The van der Waals surface area contributed by atoms with Crippen LogP contribution in [0, 0.1) is 11.8 Å². The number of hydrogen-bond donors (Lipinski definition) is 2. The van der Waals surface area contributed by atoms with E-state index in [9.17, 15) is 18.3 Å². The normalized spacial score (nSPS) is 33.3. The summed E-state index contributed by atoms with van der Waals surface area (Å²) in [7, 11) is -2.44. The maximum atomic E-state index is 13.3. The quantitative estimate of drug-likeness (QED) is 0.452. The Morgan fingerprint density at radius 3 is 2.79 bits per heavy atom. The number of methoxy groups -OCH3 is 1. The molecule has 42 heavy (non-hydrogen) atoms. The Labute approximate surface area is 253 Å². The van der Waals surface area contributed by atoms with E-state index in [4.69, 9.17) is 21.1 Å². The molecule has 2 N–H and O–H groups in total. The first-order chi connectivity index (χ1) is 20.1. The lowest BCUT2D eigenvalue weighted by molar-refractivity contribution is 0.0130. The van der Waals surface area contributed by atoms with Gasteiger partial charge in [0.05, 0.1) is 24.5 Å². The number of amides is 1. The highest BCUT2D eigenvalue weighted by Crippen LogP contribution is 2.47. The van der Waals surface area contributed by atoms with Gasteiger partial charge in [0.2, 0.25) is 10.0 Å². The number of halogens is 1. The van der Waals surface area contributed by atoms with Gasteiger partial charge >= 0.3 is 0 Å². The molecule has 226 valence electrons. The van der Waals surface area contributed by atoms with Crippen molar-refractivity contribution in [2.45, 2.75) is 68.3 Å². The number of rotatable bonds is 1. The molecule has 2 aliphatic heterocycles. The number of nitrogens with one attached hydrogen (secondary N) is 1. The SMILES string of the molecule is CO[C@H]1/C=C\C[C@H](O)[C@@H](C)S(=O)(=O)NC(=O)c2ccc3c(c2)N(C[C@@H]2CC[C@H]21)C[C@@]1(CCCc2cc(Cl)ccc21)CO3. The minimum Gasteiger partial charge on any atom is -0.490 e. The molecule has 2 aromatic rings. The van der Waals surface area contributed by atoms with Crippen LogP contribution in [0.3, 0.4) is 0 Å². The van der Waals surface area contributed by atoms with Crippen LogP contribution >= 0.6 is 11.6 Å². The van der Waals surface area contributed by atoms with Crippen molar-refractivity contribution in [3.63, 3.8) is 0 Å². The van der Waals surface area contributed by atoms with Gasteiger partial charge in [-0.3, -0.25) is 4.79 Å². The fraction of sp³-hybridized carbons (Fsp3) is 0.531. The minimum atomic E-state index is -4.13. The van der Waals surface area contributed by atoms with Crippen molar-refractivity contribution >= 4 is 33.2 Å². The van der Waals surface area contributed by atoms with Crippen molar-refractivity contribution < 1.29 is 27.8 Å². The fourth-order valence-electron chi connectivity index (χ4n) is 7.22. The van der Waals surface area contributed by atoms with E-state index in [1.807, 2.05) is 12.1 Å². The lowest BCUT2D eigenvalue weighted by Gasteiger charge is -2.46. The van der Waals surface area contributed by atoms with Crippen LogP contribution in [-0.2, 0) is 26.6 Å². The summed E-state index contributed by atoms with van der Waals surface area (Å²) in [6.07, 6.45) is 7.62. The average Bonchev–Trinajstić information content (AvgIpc) is 3.10. The van der Waals surface area contributed by atoms with Gasteiger partial charge in [-0.15, -0.1) is 0 Å². The summed E-state index contributed by atoms with van der Waals surface area (Å²) in [5, 5.41) is 10.2. The van der Waals surface area contributed by atoms with Crippen molar-refractivity contribution in [1.29, 1.82) is 0 Å². The fourth-order valence-corrected chi connectivity index (χ4v) is 8.50. The summed E-state index contributed by atoms with van der Waals surface area (Å²) in [5.41, 5.74) is 3.28. The topological polar surface area (TPSA) is 105 Å². The third kappa shape index (κ3) is 5.45. The van der Waals surface area contributed by atoms with Gasteiger partial charge < -0.3 is 19.5 Å². The zero-order valence-electron chi connectivity index (χ0n) is 24.1. The van der Waals surface area contributed by atoms with Gasteiger partial charge in [0, 0.05) is 36.2 Å². The summed E-state index contributed by atoms with van der Waals surface area (Å²) in [4.78, 5) is 15.6. The predicted octanol–water partition coefficient (Wildman–Crippen LogP) is 4.62. The Morgan fingerprint density at radius 2 is 2.02 bits per heavy atom. The minimum absolute atomic E-state index is 0.141. The smallest absolute Gasteiger partial charge is 0.264 e. The molecule has 1 saturated carbocycles. The van der Waals surface area contributed by atoms with E-state index < -0.39 is 27.3 Å². The molecule has 8 nitrogen and oxygen atoms in total. The molecular weight excluding hydrogens is 576 g/mol. The van der Waals surface area contributed by atoms with Crippen molar-refractivity contribution in [2.24, 2.45) is 11.8 Å². The molecule has 0 saturated heterocycles. The van der Waals surface area contributed by atoms with Gasteiger partial charge in [0.25, 0.3) is 5.91 Å². The molecule has 2 aromatic carbocycles. The monoisotopic (exact) mass is 614 g/mol. The molecule has 0 unspecified atom stereocenters. The van der Waals surface area contributed by atoms with Gasteiger partial charge in [-0.1, -0.05) is 29.8 Å². The molecule has 0 aromatic heterocycles. The first-order valence-corrected chi connectivity index (χ1v) is 16.8. The van der Waals surface area contributed by atoms with E-state index in [0.717, 1.165) is 49.4 Å². The Balaban J connectivity index is 1.43. The maximum absolute atomic E-state index is 13.3. The van der Waals surface area contributed by atoms with Crippen LogP contribution in [0.25, 0.3) is 0 Å². The Morgan fingerprint density at radius 1 is 1.19 bits per heavy atom. The molecule has 1 spiro atoms. The molecule has 1 fully saturated rings. The Kier molecular flexibility index (Phi) is 8.06. The van der Waals surface area contributed by atoms with E-state index in [1.54, 1.807) is 31.4 Å². The van der Waals surface area contributed by atoms with E-state index in [1.165, 1.54) is 18.1 Å². The van der Waals surface area contributed by atoms with Gasteiger partial charge in [0.1, 0.15) is 11.0 Å². The van der Waals surface area contributed by atoms with E-state index in [2.05, 4.69) is 21.8 Å². The molecule has 2 aliphatic carbocycles. The second kappa shape index (κ2) is 11.5. The van der Waals surface area contributed by atoms with Crippen LogP contribution in [0.1, 0.15) is 60.5 Å². The molecule has 0 radical (unpaired) electrons. The average molecular weight is 615 g/mol. The maximum Gasteiger partial charge on any atom is 0.264 e. The summed E-state index contributed by atoms with van der Waals surface area (Å²) >= 11 is 6.39. The number of nitrogens with zero attached hydrogens (tertiary/aromatic N) is 1. The zero-order chi connectivity index (χ0) is 29.6. The number of carbonyl (C=O) groups excluding carboxylic acids is 1. The number of hydrogen-bond acceptors (Lipinski definition) is 7. The molecule has 6 atom stereocenters. The van der Waals surface area contributed by atoms with Crippen LogP contribution in [-0.4, -0.2) is 63.7 Å². The zero-order valence-corrected chi connectivity index (χ0v) is 25.7. The van der Waals surface area contributed by atoms with Crippen molar-refractivity contribution in [2.75, 3.05) is 31.7 Å². The van der Waals surface area contributed by atoms with Crippen LogP contribution < -0.4 is 14.4 Å². The molecule has 4 aliphatic rings. The Hall–Kier alpha value is -2.59. The molecule has 1 amide bonds. The molecule has 2 bridgehead atoms. The van der Waals surface area contributed by atoms with E-state index in [0.29, 0.717) is 24.8 Å². The number of aryl methyl sites for hydroxylation is 1. The van der Waals surface area contributed by atoms with Gasteiger partial charge in [-0.25, -0.2) is 13.1 Å². The first kappa shape index (κ1) is 29.5. The standard InChI is InChI=1S/C32H39ClN2O6S/c1-20-28(36)6-3-7-29(40-2)25-11-8-23(25)17-35-18-32(14-4-5-21-15-24(33)10-12-26(21)32)19-41-30-13-9-22(16-27(30)35)31(37)34-42(20,38)39/h3,7,9-10,12-13,15-16,20,23,25,28-29,36H,4-6,8,11,14,17-19H2,1-2H3,(H,34,37)/b7-3-/t20-,23+,25-,28+,29+,32+/m1/s1. The lowest BCUT2D eigenvalue weighted by Crippen LogP contribution is -2.49. The summed E-state index contributed by atoms with van der Waals surface area (Å²) < 4.78 is 40.7. The summed E-state index contributed by atoms with van der Waals surface area (Å²) in [6, 6.07) is 11.3. The number of carbonyl (C=O) groups is 1. The van der Waals surface area contributed by atoms with E-state index in [-0.39, 0.29) is 29.4 Å². The Bertz CT molecular complexity index is 1500. The molecular formula is C32H39ClN2O6S. The number of ether oxygens (including phenoxy) is 2. The van der Waals surface area contributed by atoms with Crippen molar-refractivity contribution in [3.8, 4) is 5.75 Å². The van der Waals surface area contributed by atoms with Crippen molar-refractivity contribution in [1.82, 2.24) is 4.72 Å². The highest BCUT2D eigenvalue weighted by molar-refractivity contribution is 7.90. The number of fused-ring (bicyclic) bond motifs is 4. The molecule has 10 heteroatoms. The third-order valence-corrected chi connectivity index (χ3v) is 11.9. The van der Waals surface area contributed by atoms with Gasteiger partial charge in [0.15, 0.2) is 0 Å².